The summed E-state index contributed by atoms with van der Waals surface area (Å²) >= 11 is 0. The number of nitrogens with one attached hydrogen (secondary N) is 1. The Labute approximate surface area is 122 Å². The number of hydrogen-bond acceptors (Lipinski definition) is 3. The number of hydrogen-bond donors (Lipinski definition) is 1. The summed E-state index contributed by atoms with van der Waals surface area (Å²) in [5.74, 6) is 2.82. The molecular weight excluding hydrogens is 248 g/mol. The molecule has 0 aliphatic carbocycles. The molecule has 110 valence electrons. The molecule has 2 heterocycles. The van der Waals surface area contributed by atoms with E-state index >= 15 is 0 Å². The number of nitrogens with zero attached hydrogens (tertiary/aromatic N) is 1. The van der Waals surface area contributed by atoms with E-state index in [-0.39, 0.29) is 0 Å². The molecule has 0 saturated carbocycles. The molecular formula is C17H26N2O. The summed E-state index contributed by atoms with van der Waals surface area (Å²) < 4.78 is 5.88. The second kappa shape index (κ2) is 6.15. The van der Waals surface area contributed by atoms with Crippen LogP contribution in [0.4, 0.5) is 0 Å². The van der Waals surface area contributed by atoms with E-state index < -0.39 is 0 Å². The molecule has 3 rings (SSSR count). The van der Waals surface area contributed by atoms with E-state index in [1.165, 1.54) is 43.9 Å². The van der Waals surface area contributed by atoms with Crippen LogP contribution < -0.4 is 10.1 Å². The number of aryl methyl sites for hydroxylation is 2. The Hall–Kier alpha value is -1.06. The third-order valence-corrected chi connectivity index (χ3v) is 4.55. The number of ether oxygens (including phenoxy) is 1. The topological polar surface area (TPSA) is 24.5 Å². The normalized spacial score (nSPS) is 25.9. The fourth-order valence-corrected chi connectivity index (χ4v) is 3.63. The Kier molecular flexibility index (Phi) is 4.27. The largest absolute Gasteiger partial charge is 0.494 e. The minimum atomic E-state index is 0.826. The fraction of sp³-hybridized carbons (Fsp3) is 0.647. The fourth-order valence-electron chi connectivity index (χ4n) is 3.63. The number of likely N-dealkylation sites (tertiary alicyclic amines) is 1. The summed E-state index contributed by atoms with van der Waals surface area (Å²) in [5, 5.41) is 3.49. The van der Waals surface area contributed by atoms with Crippen molar-refractivity contribution in [2.24, 2.45) is 11.8 Å². The second-order valence-corrected chi connectivity index (χ2v) is 6.46. The van der Waals surface area contributed by atoms with Crippen molar-refractivity contribution in [1.29, 1.82) is 0 Å². The monoisotopic (exact) mass is 274 g/mol. The lowest BCUT2D eigenvalue weighted by molar-refractivity contribution is 0.254. The molecule has 0 amide bonds. The number of benzene rings is 1. The molecule has 1 N–H and O–H groups in total. The predicted octanol–water partition coefficient (Wildman–Crippen LogP) is 2.22. The third kappa shape index (κ3) is 3.33. The Morgan fingerprint density at radius 1 is 1.10 bits per heavy atom. The molecule has 0 radical (unpaired) electrons. The van der Waals surface area contributed by atoms with Gasteiger partial charge in [-0.15, -0.1) is 0 Å². The quantitative estimate of drug-likeness (QED) is 0.833. The highest BCUT2D eigenvalue weighted by Gasteiger charge is 2.35. The van der Waals surface area contributed by atoms with Crippen molar-refractivity contribution in [3.05, 3.63) is 29.3 Å². The Balaban J connectivity index is 1.38. The Bertz CT molecular complexity index is 428. The van der Waals surface area contributed by atoms with Crippen molar-refractivity contribution in [2.75, 3.05) is 39.3 Å². The van der Waals surface area contributed by atoms with Crippen molar-refractivity contribution in [3.63, 3.8) is 0 Å². The summed E-state index contributed by atoms with van der Waals surface area (Å²) in [4.78, 5) is 2.61. The third-order valence-electron chi connectivity index (χ3n) is 4.55. The molecule has 0 spiro atoms. The number of fused-ring (bicyclic) bond motifs is 1. The van der Waals surface area contributed by atoms with Crippen LogP contribution in [-0.2, 0) is 0 Å². The van der Waals surface area contributed by atoms with Gasteiger partial charge in [0, 0.05) is 19.6 Å². The average molecular weight is 274 g/mol. The molecule has 2 atom stereocenters. The minimum absolute atomic E-state index is 0.826. The van der Waals surface area contributed by atoms with Gasteiger partial charge in [0.1, 0.15) is 5.75 Å². The molecule has 20 heavy (non-hydrogen) atoms. The van der Waals surface area contributed by atoms with E-state index in [1.807, 2.05) is 0 Å². The summed E-state index contributed by atoms with van der Waals surface area (Å²) in [6.45, 7) is 11.3. The maximum atomic E-state index is 5.88. The van der Waals surface area contributed by atoms with Gasteiger partial charge in [-0.1, -0.05) is 6.07 Å². The van der Waals surface area contributed by atoms with Crippen LogP contribution in [0.5, 0.6) is 5.75 Å². The number of rotatable bonds is 5. The van der Waals surface area contributed by atoms with E-state index in [4.69, 9.17) is 4.74 Å². The van der Waals surface area contributed by atoms with Gasteiger partial charge in [-0.05, 0) is 68.5 Å². The average Bonchev–Trinajstić information content (AvgIpc) is 2.94. The first-order valence-corrected chi connectivity index (χ1v) is 7.85. The summed E-state index contributed by atoms with van der Waals surface area (Å²) in [6.07, 6.45) is 1.12. The van der Waals surface area contributed by atoms with Crippen LogP contribution in [-0.4, -0.2) is 44.2 Å². The van der Waals surface area contributed by atoms with Crippen molar-refractivity contribution in [1.82, 2.24) is 10.2 Å². The standard InChI is InChI=1S/C17H26N2O/c1-13-6-14(2)8-17(7-13)20-5-3-4-19-11-15-9-18-10-16(15)12-19/h6-8,15-16,18H,3-5,9-12H2,1-2H3/t15-,16+. The van der Waals surface area contributed by atoms with Crippen LogP contribution >= 0.6 is 0 Å². The first kappa shape index (κ1) is 13.9. The molecule has 2 aliphatic rings. The molecule has 0 unspecified atom stereocenters. The van der Waals surface area contributed by atoms with E-state index in [1.54, 1.807) is 0 Å². The smallest absolute Gasteiger partial charge is 0.119 e. The SMILES string of the molecule is Cc1cc(C)cc(OCCCN2C[C@H]3CNC[C@H]3C2)c1. The van der Waals surface area contributed by atoms with Gasteiger partial charge < -0.3 is 15.0 Å². The van der Waals surface area contributed by atoms with Crippen molar-refractivity contribution < 1.29 is 4.74 Å². The molecule has 1 aromatic carbocycles. The highest BCUT2D eigenvalue weighted by atomic mass is 16.5. The highest BCUT2D eigenvalue weighted by Crippen LogP contribution is 2.26. The molecule has 2 fully saturated rings. The molecule has 3 heteroatoms. The second-order valence-electron chi connectivity index (χ2n) is 6.46. The molecule has 0 aromatic heterocycles. The zero-order valence-corrected chi connectivity index (χ0v) is 12.7. The molecule has 0 bridgehead atoms. The lowest BCUT2D eigenvalue weighted by Gasteiger charge is -2.17. The van der Waals surface area contributed by atoms with Gasteiger partial charge in [0.2, 0.25) is 0 Å². The Morgan fingerprint density at radius 2 is 1.75 bits per heavy atom. The zero-order valence-electron chi connectivity index (χ0n) is 12.7. The lowest BCUT2D eigenvalue weighted by atomic mass is 10.0. The van der Waals surface area contributed by atoms with E-state index in [0.717, 1.165) is 30.6 Å². The van der Waals surface area contributed by atoms with Gasteiger partial charge in [0.15, 0.2) is 0 Å². The summed E-state index contributed by atoms with van der Waals surface area (Å²) in [6, 6.07) is 6.43. The van der Waals surface area contributed by atoms with Crippen LogP contribution in [0.2, 0.25) is 0 Å². The predicted molar refractivity (Wildman–Crippen MR) is 82.3 cm³/mol. The highest BCUT2D eigenvalue weighted by molar-refractivity contribution is 5.32. The van der Waals surface area contributed by atoms with E-state index in [9.17, 15) is 0 Å². The van der Waals surface area contributed by atoms with Gasteiger partial charge >= 0.3 is 0 Å². The molecule has 2 aliphatic heterocycles. The minimum Gasteiger partial charge on any atom is -0.494 e. The van der Waals surface area contributed by atoms with Crippen LogP contribution in [0.25, 0.3) is 0 Å². The Morgan fingerprint density at radius 3 is 2.40 bits per heavy atom. The van der Waals surface area contributed by atoms with Gasteiger partial charge in [0.25, 0.3) is 0 Å². The summed E-state index contributed by atoms with van der Waals surface area (Å²) in [7, 11) is 0. The molecule has 1 aromatic rings. The van der Waals surface area contributed by atoms with E-state index in [2.05, 4.69) is 42.3 Å². The zero-order chi connectivity index (χ0) is 13.9. The van der Waals surface area contributed by atoms with E-state index in [0.29, 0.717) is 0 Å². The first-order chi connectivity index (χ1) is 9.70. The summed E-state index contributed by atoms with van der Waals surface area (Å²) in [5.41, 5.74) is 2.56. The van der Waals surface area contributed by atoms with Gasteiger partial charge in [-0.3, -0.25) is 0 Å². The van der Waals surface area contributed by atoms with Crippen LogP contribution in [0.15, 0.2) is 18.2 Å². The van der Waals surface area contributed by atoms with Crippen LogP contribution in [0.3, 0.4) is 0 Å². The van der Waals surface area contributed by atoms with Crippen molar-refractivity contribution in [3.8, 4) is 5.75 Å². The maximum Gasteiger partial charge on any atom is 0.119 e. The van der Waals surface area contributed by atoms with Gasteiger partial charge in [-0.2, -0.15) is 0 Å². The van der Waals surface area contributed by atoms with Crippen molar-refractivity contribution >= 4 is 0 Å². The molecule has 2 saturated heterocycles. The van der Waals surface area contributed by atoms with Gasteiger partial charge in [-0.25, -0.2) is 0 Å². The maximum absolute atomic E-state index is 5.88. The lowest BCUT2D eigenvalue weighted by Crippen LogP contribution is -2.27. The van der Waals surface area contributed by atoms with Gasteiger partial charge in [0.05, 0.1) is 6.61 Å². The van der Waals surface area contributed by atoms with Crippen LogP contribution in [0.1, 0.15) is 17.5 Å². The molecule has 3 nitrogen and oxygen atoms in total. The van der Waals surface area contributed by atoms with Crippen molar-refractivity contribution in [2.45, 2.75) is 20.3 Å². The van der Waals surface area contributed by atoms with Crippen LogP contribution in [0, 0.1) is 25.7 Å². The first-order valence-electron chi connectivity index (χ1n) is 7.85.